The molecule has 0 radical (unpaired) electrons. The Hall–Kier alpha value is -0.990. The second-order valence-corrected chi connectivity index (χ2v) is 7.62. The SMILES string of the molecule is Cc1cc(C(Br)c2ccc3c(c2)C(C)(C)CO3)ccc1Cl. The second kappa shape index (κ2) is 5.33. The van der Waals surface area contributed by atoms with Crippen LogP contribution in [0.25, 0.3) is 0 Å². The summed E-state index contributed by atoms with van der Waals surface area (Å²) in [7, 11) is 0. The van der Waals surface area contributed by atoms with Crippen molar-refractivity contribution in [3.8, 4) is 5.75 Å². The highest BCUT2D eigenvalue weighted by atomic mass is 79.9. The molecule has 110 valence electrons. The maximum Gasteiger partial charge on any atom is 0.123 e. The Bertz CT molecular complexity index is 694. The van der Waals surface area contributed by atoms with Crippen LogP contribution in [-0.4, -0.2) is 6.61 Å². The summed E-state index contributed by atoms with van der Waals surface area (Å²) in [5.41, 5.74) is 4.93. The molecule has 2 aromatic rings. The molecule has 1 heterocycles. The summed E-state index contributed by atoms with van der Waals surface area (Å²) in [5, 5.41) is 0.807. The van der Waals surface area contributed by atoms with Gasteiger partial charge in [0.25, 0.3) is 0 Å². The lowest BCUT2D eigenvalue weighted by atomic mass is 9.85. The zero-order valence-corrected chi connectivity index (χ0v) is 14.8. The standard InChI is InChI=1S/C18H18BrClO/c1-11-8-12(4-6-15(11)20)17(19)13-5-7-16-14(9-13)18(2,3)10-21-16/h4-9,17H,10H2,1-3H3. The van der Waals surface area contributed by atoms with Gasteiger partial charge in [0.1, 0.15) is 5.75 Å². The Morgan fingerprint density at radius 3 is 2.52 bits per heavy atom. The smallest absolute Gasteiger partial charge is 0.123 e. The van der Waals surface area contributed by atoms with E-state index < -0.39 is 0 Å². The third-order valence-electron chi connectivity index (χ3n) is 4.09. The van der Waals surface area contributed by atoms with E-state index in [9.17, 15) is 0 Å². The van der Waals surface area contributed by atoms with Crippen molar-refractivity contribution in [3.63, 3.8) is 0 Å². The maximum absolute atomic E-state index is 6.11. The van der Waals surface area contributed by atoms with Crippen molar-refractivity contribution in [2.75, 3.05) is 6.61 Å². The van der Waals surface area contributed by atoms with Crippen LogP contribution in [0.1, 0.15) is 40.9 Å². The molecular weight excluding hydrogens is 348 g/mol. The summed E-state index contributed by atoms with van der Waals surface area (Å²) in [6.45, 7) is 7.22. The van der Waals surface area contributed by atoms with Gasteiger partial charge in [0, 0.05) is 16.0 Å². The molecule has 0 spiro atoms. The molecule has 21 heavy (non-hydrogen) atoms. The molecule has 0 fully saturated rings. The third-order valence-corrected chi connectivity index (χ3v) is 5.57. The van der Waals surface area contributed by atoms with Crippen molar-refractivity contribution in [2.24, 2.45) is 0 Å². The van der Waals surface area contributed by atoms with Gasteiger partial charge in [0.2, 0.25) is 0 Å². The molecule has 0 N–H and O–H groups in total. The largest absolute Gasteiger partial charge is 0.492 e. The molecule has 1 unspecified atom stereocenters. The predicted molar refractivity (Wildman–Crippen MR) is 91.9 cm³/mol. The van der Waals surface area contributed by atoms with Crippen LogP contribution >= 0.6 is 27.5 Å². The number of alkyl halides is 1. The normalized spacial score (nSPS) is 17.2. The zero-order chi connectivity index (χ0) is 15.2. The predicted octanol–water partition coefficient (Wildman–Crippen LogP) is 5.80. The summed E-state index contributed by atoms with van der Waals surface area (Å²) < 4.78 is 5.76. The van der Waals surface area contributed by atoms with Crippen molar-refractivity contribution in [3.05, 3.63) is 63.7 Å². The van der Waals surface area contributed by atoms with Crippen molar-refractivity contribution >= 4 is 27.5 Å². The van der Waals surface area contributed by atoms with Crippen molar-refractivity contribution < 1.29 is 4.74 Å². The number of hydrogen-bond donors (Lipinski definition) is 0. The Labute approximate surface area is 139 Å². The Morgan fingerprint density at radius 2 is 1.81 bits per heavy atom. The maximum atomic E-state index is 6.11. The lowest BCUT2D eigenvalue weighted by Gasteiger charge is -2.18. The van der Waals surface area contributed by atoms with Crippen LogP contribution in [0.15, 0.2) is 36.4 Å². The van der Waals surface area contributed by atoms with Gasteiger partial charge in [0.05, 0.1) is 11.4 Å². The number of ether oxygens (including phenoxy) is 1. The van der Waals surface area contributed by atoms with Crippen molar-refractivity contribution in [2.45, 2.75) is 31.0 Å². The number of halogens is 2. The molecule has 0 bridgehead atoms. The minimum Gasteiger partial charge on any atom is -0.492 e. The van der Waals surface area contributed by atoms with Crippen LogP contribution < -0.4 is 4.74 Å². The summed E-state index contributed by atoms with van der Waals surface area (Å²) >= 11 is 9.93. The zero-order valence-electron chi connectivity index (χ0n) is 12.4. The van der Waals surface area contributed by atoms with E-state index in [1.54, 1.807) is 0 Å². The summed E-state index contributed by atoms with van der Waals surface area (Å²) in [5.74, 6) is 1.01. The highest BCUT2D eigenvalue weighted by molar-refractivity contribution is 9.09. The molecule has 0 saturated carbocycles. The molecule has 0 aromatic heterocycles. The van der Waals surface area contributed by atoms with Gasteiger partial charge in [-0.2, -0.15) is 0 Å². The van der Waals surface area contributed by atoms with E-state index in [-0.39, 0.29) is 10.2 Å². The van der Waals surface area contributed by atoms with Gasteiger partial charge in [-0.3, -0.25) is 0 Å². The fourth-order valence-corrected chi connectivity index (χ4v) is 3.40. The molecule has 1 aliphatic heterocycles. The van der Waals surface area contributed by atoms with E-state index in [4.69, 9.17) is 16.3 Å². The fraction of sp³-hybridized carbons (Fsp3) is 0.333. The molecule has 1 nitrogen and oxygen atoms in total. The monoisotopic (exact) mass is 364 g/mol. The van der Waals surface area contributed by atoms with E-state index in [0.29, 0.717) is 0 Å². The number of hydrogen-bond acceptors (Lipinski definition) is 1. The summed E-state index contributed by atoms with van der Waals surface area (Å²) in [4.78, 5) is 0.162. The van der Waals surface area contributed by atoms with Gasteiger partial charge in [-0.25, -0.2) is 0 Å². The molecule has 2 aromatic carbocycles. The first-order valence-electron chi connectivity index (χ1n) is 7.06. The Kier molecular flexibility index (Phi) is 3.79. The molecule has 0 aliphatic carbocycles. The van der Waals surface area contributed by atoms with Crippen LogP contribution in [0.4, 0.5) is 0 Å². The molecule has 0 amide bonds. The first-order valence-corrected chi connectivity index (χ1v) is 8.35. The fourth-order valence-electron chi connectivity index (χ4n) is 2.71. The molecule has 3 heteroatoms. The number of benzene rings is 2. The minimum absolute atomic E-state index is 0.0774. The number of fused-ring (bicyclic) bond motifs is 1. The van der Waals surface area contributed by atoms with E-state index in [1.165, 1.54) is 16.7 Å². The third kappa shape index (κ3) is 2.72. The van der Waals surface area contributed by atoms with Crippen LogP contribution in [0.3, 0.4) is 0 Å². The first kappa shape index (κ1) is 14.9. The van der Waals surface area contributed by atoms with Gasteiger partial charge in [-0.1, -0.05) is 59.6 Å². The average Bonchev–Trinajstić information content (AvgIpc) is 2.76. The number of rotatable bonds is 2. The summed E-state index contributed by atoms with van der Waals surface area (Å²) in [6.07, 6.45) is 0. The van der Waals surface area contributed by atoms with Gasteiger partial charge in [-0.05, 0) is 41.8 Å². The molecule has 0 saturated heterocycles. The van der Waals surface area contributed by atoms with Gasteiger partial charge in [-0.15, -0.1) is 0 Å². The van der Waals surface area contributed by atoms with E-state index >= 15 is 0 Å². The first-order chi connectivity index (χ1) is 9.88. The topological polar surface area (TPSA) is 9.23 Å². The van der Waals surface area contributed by atoms with Crippen LogP contribution in [0.2, 0.25) is 5.02 Å². The van der Waals surface area contributed by atoms with E-state index in [0.717, 1.165) is 22.9 Å². The Balaban J connectivity index is 1.99. The van der Waals surface area contributed by atoms with E-state index in [1.807, 2.05) is 13.0 Å². The lowest BCUT2D eigenvalue weighted by molar-refractivity contribution is 0.291. The quantitative estimate of drug-likeness (QED) is 0.611. The molecule has 1 aliphatic rings. The molecule has 1 atom stereocenters. The highest BCUT2D eigenvalue weighted by Crippen LogP contribution is 2.42. The second-order valence-electron chi connectivity index (χ2n) is 6.30. The van der Waals surface area contributed by atoms with Crippen LogP contribution in [-0.2, 0) is 5.41 Å². The number of aryl methyl sites for hydroxylation is 1. The van der Waals surface area contributed by atoms with Gasteiger partial charge >= 0.3 is 0 Å². The van der Waals surface area contributed by atoms with Crippen molar-refractivity contribution in [1.29, 1.82) is 0 Å². The lowest BCUT2D eigenvalue weighted by Crippen LogP contribution is -2.18. The highest BCUT2D eigenvalue weighted by Gasteiger charge is 2.32. The van der Waals surface area contributed by atoms with Crippen LogP contribution in [0.5, 0.6) is 5.75 Å². The average molecular weight is 366 g/mol. The van der Waals surface area contributed by atoms with Gasteiger partial charge < -0.3 is 4.74 Å². The van der Waals surface area contributed by atoms with E-state index in [2.05, 4.69) is 60.1 Å². The molecule has 3 rings (SSSR count). The Morgan fingerprint density at radius 1 is 1.14 bits per heavy atom. The minimum atomic E-state index is 0.0774. The summed E-state index contributed by atoms with van der Waals surface area (Å²) in [6, 6.07) is 12.6. The molecular formula is C18H18BrClO. The van der Waals surface area contributed by atoms with Crippen molar-refractivity contribution in [1.82, 2.24) is 0 Å². The van der Waals surface area contributed by atoms with Crippen LogP contribution in [0, 0.1) is 6.92 Å². The van der Waals surface area contributed by atoms with Gasteiger partial charge in [0.15, 0.2) is 0 Å².